The molecule has 0 aliphatic carbocycles. The van der Waals surface area contributed by atoms with Crippen molar-refractivity contribution in [1.29, 1.82) is 0 Å². The van der Waals surface area contributed by atoms with Gasteiger partial charge in [0.25, 0.3) is 0 Å². The highest BCUT2D eigenvalue weighted by molar-refractivity contribution is 5.88. The molecule has 1 saturated heterocycles. The maximum absolute atomic E-state index is 12.0. The SMILES string of the molecule is COc1ccc2c(CC(=O)NC3CCNC3)coc2c1. The fraction of sp³-hybridized carbons (Fsp3) is 0.400. The number of fused-ring (bicyclic) bond motifs is 1. The second kappa shape index (κ2) is 5.54. The standard InChI is InChI=1S/C15H18N2O3/c1-19-12-2-3-13-10(9-20-14(13)7-12)6-15(18)17-11-4-5-16-8-11/h2-3,7,9,11,16H,4-6,8H2,1H3,(H,17,18). The van der Waals surface area contributed by atoms with Gasteiger partial charge in [-0.2, -0.15) is 0 Å². The molecule has 1 fully saturated rings. The molecule has 1 amide bonds. The topological polar surface area (TPSA) is 63.5 Å². The lowest BCUT2D eigenvalue weighted by atomic mass is 10.1. The average molecular weight is 274 g/mol. The van der Waals surface area contributed by atoms with Crippen molar-refractivity contribution in [3.05, 3.63) is 30.0 Å². The van der Waals surface area contributed by atoms with Crippen molar-refractivity contribution < 1.29 is 13.9 Å². The van der Waals surface area contributed by atoms with E-state index in [1.54, 1.807) is 13.4 Å². The number of benzene rings is 1. The minimum atomic E-state index is 0.0391. The van der Waals surface area contributed by atoms with Gasteiger partial charge in [0.05, 0.1) is 19.8 Å². The summed E-state index contributed by atoms with van der Waals surface area (Å²) in [5.74, 6) is 0.789. The molecule has 5 nitrogen and oxygen atoms in total. The summed E-state index contributed by atoms with van der Waals surface area (Å²) in [5.41, 5.74) is 1.65. The van der Waals surface area contributed by atoms with Crippen molar-refractivity contribution in [3.8, 4) is 5.75 Å². The van der Waals surface area contributed by atoms with Crippen LogP contribution in [-0.2, 0) is 11.2 Å². The fourth-order valence-electron chi connectivity index (χ4n) is 2.56. The Morgan fingerprint density at radius 2 is 2.45 bits per heavy atom. The van der Waals surface area contributed by atoms with Crippen LogP contribution in [0.5, 0.6) is 5.75 Å². The lowest BCUT2D eigenvalue weighted by molar-refractivity contribution is -0.121. The first kappa shape index (κ1) is 13.0. The number of rotatable bonds is 4. The van der Waals surface area contributed by atoms with Crippen LogP contribution in [0.1, 0.15) is 12.0 Å². The Balaban J connectivity index is 1.72. The van der Waals surface area contributed by atoms with E-state index in [-0.39, 0.29) is 11.9 Å². The van der Waals surface area contributed by atoms with Gasteiger partial charge in [-0.05, 0) is 25.1 Å². The molecule has 3 rings (SSSR count). The third kappa shape index (κ3) is 2.63. The summed E-state index contributed by atoms with van der Waals surface area (Å²) in [6, 6.07) is 5.88. The molecule has 5 heteroatoms. The molecule has 0 bridgehead atoms. The van der Waals surface area contributed by atoms with Crippen LogP contribution in [0.25, 0.3) is 11.0 Å². The zero-order valence-corrected chi connectivity index (χ0v) is 11.4. The van der Waals surface area contributed by atoms with Crippen LogP contribution in [-0.4, -0.2) is 32.1 Å². The number of nitrogens with one attached hydrogen (secondary N) is 2. The van der Waals surface area contributed by atoms with Gasteiger partial charge in [-0.15, -0.1) is 0 Å². The summed E-state index contributed by atoms with van der Waals surface area (Å²) in [7, 11) is 1.62. The number of carbonyl (C=O) groups excluding carboxylic acids is 1. The van der Waals surface area contributed by atoms with Crippen LogP contribution >= 0.6 is 0 Å². The Labute approximate surface area is 117 Å². The number of hydrogen-bond acceptors (Lipinski definition) is 4. The van der Waals surface area contributed by atoms with E-state index < -0.39 is 0 Å². The van der Waals surface area contributed by atoms with Crippen molar-refractivity contribution in [1.82, 2.24) is 10.6 Å². The summed E-state index contributed by atoms with van der Waals surface area (Å²) in [6.45, 7) is 1.83. The summed E-state index contributed by atoms with van der Waals surface area (Å²) in [6.07, 6.45) is 2.99. The first-order chi connectivity index (χ1) is 9.76. The smallest absolute Gasteiger partial charge is 0.224 e. The quantitative estimate of drug-likeness (QED) is 0.886. The lowest BCUT2D eigenvalue weighted by Gasteiger charge is -2.10. The van der Waals surface area contributed by atoms with E-state index in [1.165, 1.54) is 0 Å². The largest absolute Gasteiger partial charge is 0.497 e. The van der Waals surface area contributed by atoms with Gasteiger partial charge in [0.2, 0.25) is 5.91 Å². The number of amides is 1. The average Bonchev–Trinajstić information content (AvgIpc) is 3.08. The molecule has 0 saturated carbocycles. The number of methoxy groups -OCH3 is 1. The number of ether oxygens (including phenoxy) is 1. The molecule has 1 aliphatic heterocycles. The Morgan fingerprint density at radius 3 is 3.20 bits per heavy atom. The van der Waals surface area contributed by atoms with Gasteiger partial charge >= 0.3 is 0 Å². The van der Waals surface area contributed by atoms with Crippen molar-refractivity contribution in [2.45, 2.75) is 18.9 Å². The lowest BCUT2D eigenvalue weighted by Crippen LogP contribution is -2.37. The Morgan fingerprint density at radius 1 is 1.55 bits per heavy atom. The molecule has 1 unspecified atom stereocenters. The van der Waals surface area contributed by atoms with E-state index >= 15 is 0 Å². The van der Waals surface area contributed by atoms with Crippen molar-refractivity contribution in [2.24, 2.45) is 0 Å². The van der Waals surface area contributed by atoms with Crippen LogP contribution in [0.15, 0.2) is 28.9 Å². The molecule has 0 spiro atoms. The van der Waals surface area contributed by atoms with Gasteiger partial charge in [0.15, 0.2) is 0 Å². The van der Waals surface area contributed by atoms with Gasteiger partial charge in [0, 0.05) is 29.6 Å². The molecule has 106 valence electrons. The molecule has 1 aromatic carbocycles. The van der Waals surface area contributed by atoms with Crippen molar-refractivity contribution >= 4 is 16.9 Å². The summed E-state index contributed by atoms with van der Waals surface area (Å²) in [5, 5.41) is 7.23. The molecule has 20 heavy (non-hydrogen) atoms. The monoisotopic (exact) mass is 274 g/mol. The van der Waals surface area contributed by atoms with Gasteiger partial charge < -0.3 is 19.8 Å². The highest BCUT2D eigenvalue weighted by Crippen LogP contribution is 2.25. The third-order valence-corrected chi connectivity index (χ3v) is 3.64. The first-order valence-electron chi connectivity index (χ1n) is 6.80. The molecular formula is C15H18N2O3. The number of carbonyl (C=O) groups is 1. The minimum absolute atomic E-state index is 0.0391. The molecular weight excluding hydrogens is 256 g/mol. The molecule has 2 heterocycles. The molecule has 1 aliphatic rings. The van der Waals surface area contributed by atoms with Crippen LogP contribution in [0, 0.1) is 0 Å². The van der Waals surface area contributed by atoms with Gasteiger partial charge in [-0.1, -0.05) is 0 Å². The van der Waals surface area contributed by atoms with Crippen LogP contribution in [0.3, 0.4) is 0 Å². The van der Waals surface area contributed by atoms with E-state index in [2.05, 4.69) is 10.6 Å². The van der Waals surface area contributed by atoms with Crippen LogP contribution in [0.2, 0.25) is 0 Å². The van der Waals surface area contributed by atoms with Crippen molar-refractivity contribution in [2.75, 3.05) is 20.2 Å². The Hall–Kier alpha value is -2.01. The second-order valence-corrected chi connectivity index (χ2v) is 5.06. The molecule has 1 atom stereocenters. The Bertz CT molecular complexity index is 615. The van der Waals surface area contributed by atoms with E-state index in [9.17, 15) is 4.79 Å². The predicted molar refractivity (Wildman–Crippen MR) is 75.9 cm³/mol. The normalized spacial score (nSPS) is 18.4. The van der Waals surface area contributed by atoms with E-state index in [1.807, 2.05) is 18.2 Å². The van der Waals surface area contributed by atoms with Crippen LogP contribution < -0.4 is 15.4 Å². The van der Waals surface area contributed by atoms with Crippen molar-refractivity contribution in [3.63, 3.8) is 0 Å². The summed E-state index contributed by atoms with van der Waals surface area (Å²) in [4.78, 5) is 12.0. The maximum Gasteiger partial charge on any atom is 0.224 e. The highest BCUT2D eigenvalue weighted by atomic mass is 16.5. The summed E-state index contributed by atoms with van der Waals surface area (Å²) >= 11 is 0. The van der Waals surface area contributed by atoms with Crippen LogP contribution in [0.4, 0.5) is 0 Å². The first-order valence-corrected chi connectivity index (χ1v) is 6.80. The molecule has 2 aromatic rings. The molecule has 2 N–H and O–H groups in total. The zero-order chi connectivity index (χ0) is 13.9. The van der Waals surface area contributed by atoms with Gasteiger partial charge in [-0.25, -0.2) is 0 Å². The molecule has 1 aromatic heterocycles. The zero-order valence-electron chi connectivity index (χ0n) is 11.4. The van der Waals surface area contributed by atoms with E-state index in [0.717, 1.165) is 41.8 Å². The number of hydrogen-bond donors (Lipinski definition) is 2. The van der Waals surface area contributed by atoms with E-state index in [4.69, 9.17) is 9.15 Å². The maximum atomic E-state index is 12.0. The fourth-order valence-corrected chi connectivity index (χ4v) is 2.56. The van der Waals surface area contributed by atoms with Gasteiger partial charge in [-0.3, -0.25) is 4.79 Å². The highest BCUT2D eigenvalue weighted by Gasteiger charge is 2.18. The predicted octanol–water partition coefficient (Wildman–Crippen LogP) is 1.46. The number of furan rings is 1. The third-order valence-electron chi connectivity index (χ3n) is 3.64. The minimum Gasteiger partial charge on any atom is -0.497 e. The second-order valence-electron chi connectivity index (χ2n) is 5.06. The van der Waals surface area contributed by atoms with E-state index in [0.29, 0.717) is 6.42 Å². The van der Waals surface area contributed by atoms with Gasteiger partial charge in [0.1, 0.15) is 11.3 Å². The summed E-state index contributed by atoms with van der Waals surface area (Å²) < 4.78 is 10.6. The molecule has 0 radical (unpaired) electrons. The Kier molecular flexibility index (Phi) is 3.60.